The van der Waals surface area contributed by atoms with Crippen LogP contribution < -0.4 is 0 Å². The molecule has 0 fully saturated rings. The molecule has 4 nitrogen and oxygen atoms in total. The van der Waals surface area contributed by atoms with Crippen molar-refractivity contribution in [2.45, 2.75) is 64.7 Å². The molecule has 30 heavy (non-hydrogen) atoms. The number of nitrogens with zero attached hydrogens (tertiary/aromatic N) is 1. The molecule has 1 heterocycles. The molecule has 0 aliphatic carbocycles. The summed E-state index contributed by atoms with van der Waals surface area (Å²) in [7, 11) is 0. The number of hydrogen-bond donors (Lipinski definition) is 1. The van der Waals surface area contributed by atoms with Gasteiger partial charge in [-0.3, -0.25) is 14.2 Å². The van der Waals surface area contributed by atoms with Crippen LogP contribution in [-0.4, -0.2) is 21.6 Å². The van der Waals surface area contributed by atoms with Gasteiger partial charge in [0.05, 0.1) is 6.42 Å². The Hall–Kier alpha value is -2.88. The SMILES string of the molecule is CC/C=C/C/C=C/C/C=C/C/C=C/C/C=C/CCCC(=O)n1cccc1CC(=O)O. The van der Waals surface area contributed by atoms with E-state index >= 15 is 0 Å². The highest BCUT2D eigenvalue weighted by Crippen LogP contribution is 2.08. The molecule has 4 heteroatoms. The third-order valence-electron chi connectivity index (χ3n) is 4.35. The molecule has 0 aromatic carbocycles. The van der Waals surface area contributed by atoms with Gasteiger partial charge in [0, 0.05) is 18.3 Å². The van der Waals surface area contributed by atoms with Gasteiger partial charge in [-0.1, -0.05) is 67.7 Å². The van der Waals surface area contributed by atoms with E-state index in [0.29, 0.717) is 12.1 Å². The van der Waals surface area contributed by atoms with E-state index in [1.807, 2.05) is 0 Å². The zero-order valence-electron chi connectivity index (χ0n) is 18.1. The minimum absolute atomic E-state index is 0.0522. The number of rotatable bonds is 15. The monoisotopic (exact) mass is 409 g/mol. The molecule has 0 bridgehead atoms. The lowest BCUT2D eigenvalue weighted by atomic mass is 10.2. The maximum atomic E-state index is 12.2. The molecule has 162 valence electrons. The molecule has 1 rings (SSSR count). The van der Waals surface area contributed by atoms with Crippen molar-refractivity contribution in [3.63, 3.8) is 0 Å². The Kier molecular flexibility index (Phi) is 14.3. The Bertz CT molecular complexity index is 763. The quantitative estimate of drug-likeness (QED) is 0.260. The third kappa shape index (κ3) is 12.6. The maximum absolute atomic E-state index is 12.2. The van der Waals surface area contributed by atoms with E-state index in [0.717, 1.165) is 44.9 Å². The van der Waals surface area contributed by atoms with Crippen LogP contribution in [0.25, 0.3) is 0 Å². The van der Waals surface area contributed by atoms with Crippen molar-refractivity contribution in [3.8, 4) is 0 Å². The molecule has 1 N–H and O–H groups in total. The highest BCUT2D eigenvalue weighted by atomic mass is 16.4. The predicted molar refractivity (Wildman–Crippen MR) is 125 cm³/mol. The topological polar surface area (TPSA) is 59.3 Å². The van der Waals surface area contributed by atoms with E-state index in [2.05, 4.69) is 67.7 Å². The van der Waals surface area contributed by atoms with E-state index in [4.69, 9.17) is 5.11 Å². The molecule has 0 aliphatic rings. The number of unbranched alkanes of at least 4 members (excludes halogenated alkanes) is 1. The Morgan fingerprint density at radius 3 is 1.93 bits per heavy atom. The summed E-state index contributed by atoms with van der Waals surface area (Å²) in [6.07, 6.45) is 30.1. The first kappa shape index (κ1) is 25.2. The second-order valence-corrected chi connectivity index (χ2v) is 6.93. The average Bonchev–Trinajstić information content (AvgIpc) is 3.17. The molecule has 0 aliphatic heterocycles. The zero-order valence-corrected chi connectivity index (χ0v) is 18.1. The molecule has 0 spiro atoms. The molecule has 0 unspecified atom stereocenters. The summed E-state index contributed by atoms with van der Waals surface area (Å²) >= 11 is 0. The summed E-state index contributed by atoms with van der Waals surface area (Å²) in [5, 5.41) is 8.88. The minimum atomic E-state index is -0.929. The minimum Gasteiger partial charge on any atom is -0.481 e. The van der Waals surface area contributed by atoms with Gasteiger partial charge in [0.2, 0.25) is 5.91 Å². The van der Waals surface area contributed by atoms with Crippen molar-refractivity contribution >= 4 is 11.9 Å². The van der Waals surface area contributed by atoms with Crippen LogP contribution in [0.2, 0.25) is 0 Å². The van der Waals surface area contributed by atoms with Gasteiger partial charge in [0.15, 0.2) is 0 Å². The average molecular weight is 410 g/mol. The second kappa shape index (κ2) is 17.0. The first-order valence-electron chi connectivity index (χ1n) is 10.8. The fraction of sp³-hybridized carbons (Fsp3) is 0.385. The predicted octanol–water partition coefficient (Wildman–Crippen LogP) is 6.68. The fourth-order valence-corrected chi connectivity index (χ4v) is 2.82. The van der Waals surface area contributed by atoms with Crippen LogP contribution in [0.1, 0.15) is 68.8 Å². The third-order valence-corrected chi connectivity index (χ3v) is 4.35. The second-order valence-electron chi connectivity index (χ2n) is 6.93. The van der Waals surface area contributed by atoms with E-state index in [1.165, 1.54) is 4.57 Å². The summed E-state index contributed by atoms with van der Waals surface area (Å²) in [6, 6.07) is 3.39. The van der Waals surface area contributed by atoms with Gasteiger partial charge in [-0.15, -0.1) is 0 Å². The molecule has 1 aromatic rings. The van der Waals surface area contributed by atoms with E-state index in [9.17, 15) is 9.59 Å². The summed E-state index contributed by atoms with van der Waals surface area (Å²) in [6.45, 7) is 2.14. The van der Waals surface area contributed by atoms with Crippen LogP contribution in [0.3, 0.4) is 0 Å². The molecule has 1 aromatic heterocycles. The maximum Gasteiger partial charge on any atom is 0.309 e. The van der Waals surface area contributed by atoms with Gasteiger partial charge in [-0.2, -0.15) is 0 Å². The van der Waals surface area contributed by atoms with Crippen LogP contribution in [0.4, 0.5) is 0 Å². The van der Waals surface area contributed by atoms with Crippen molar-refractivity contribution in [1.82, 2.24) is 4.57 Å². The Labute approximate surface area is 181 Å². The van der Waals surface area contributed by atoms with Gasteiger partial charge in [-0.25, -0.2) is 0 Å². The highest BCUT2D eigenvalue weighted by Gasteiger charge is 2.11. The fourth-order valence-electron chi connectivity index (χ4n) is 2.82. The Morgan fingerprint density at radius 2 is 1.40 bits per heavy atom. The van der Waals surface area contributed by atoms with Crippen LogP contribution >= 0.6 is 0 Å². The van der Waals surface area contributed by atoms with E-state index in [1.54, 1.807) is 18.3 Å². The van der Waals surface area contributed by atoms with Gasteiger partial charge in [0.1, 0.15) is 0 Å². The summed E-state index contributed by atoms with van der Waals surface area (Å²) in [4.78, 5) is 23.0. The van der Waals surface area contributed by atoms with Gasteiger partial charge in [-0.05, 0) is 57.1 Å². The number of aromatic nitrogens is 1. The standard InChI is InChI=1S/C26H35NO3/c1-2-3-4-5-6-7-8-9-10-11-12-13-14-15-16-17-18-21-25(28)27-22-19-20-24(27)23-26(29)30/h3-4,6-7,9-10,12-13,15-16,19-20,22H,2,5,8,11,14,17-18,21,23H2,1H3,(H,29,30)/b4-3+,7-6+,10-9+,13-12+,16-15+. The smallest absolute Gasteiger partial charge is 0.309 e. The van der Waals surface area contributed by atoms with E-state index < -0.39 is 5.97 Å². The molecule has 0 saturated carbocycles. The summed E-state index contributed by atoms with van der Waals surface area (Å²) in [5.41, 5.74) is 0.530. The van der Waals surface area contributed by atoms with Gasteiger partial charge >= 0.3 is 5.97 Å². The van der Waals surface area contributed by atoms with Crippen molar-refractivity contribution in [2.75, 3.05) is 0 Å². The molecule has 0 radical (unpaired) electrons. The molecule has 0 saturated heterocycles. The number of carboxylic acid groups (broad SMARTS) is 1. The van der Waals surface area contributed by atoms with Gasteiger partial charge < -0.3 is 5.11 Å². The van der Waals surface area contributed by atoms with Crippen LogP contribution in [0, 0.1) is 0 Å². The normalized spacial score (nSPS) is 12.4. The van der Waals surface area contributed by atoms with Crippen LogP contribution in [0.15, 0.2) is 79.1 Å². The highest BCUT2D eigenvalue weighted by molar-refractivity contribution is 5.81. The lowest BCUT2D eigenvalue weighted by Crippen LogP contribution is -2.14. The Morgan fingerprint density at radius 1 is 0.867 bits per heavy atom. The summed E-state index contributed by atoms with van der Waals surface area (Å²) in [5.74, 6) is -0.981. The summed E-state index contributed by atoms with van der Waals surface area (Å²) < 4.78 is 1.45. The van der Waals surface area contributed by atoms with Gasteiger partial charge in [0.25, 0.3) is 0 Å². The van der Waals surface area contributed by atoms with Crippen molar-refractivity contribution < 1.29 is 14.7 Å². The number of allylic oxidation sites excluding steroid dienone is 10. The first-order chi connectivity index (χ1) is 14.6. The largest absolute Gasteiger partial charge is 0.481 e. The Balaban J connectivity index is 2.09. The lowest BCUT2D eigenvalue weighted by Gasteiger charge is -2.05. The molecule has 0 amide bonds. The van der Waals surface area contributed by atoms with Crippen molar-refractivity contribution in [3.05, 3.63) is 84.8 Å². The van der Waals surface area contributed by atoms with E-state index in [-0.39, 0.29) is 12.3 Å². The lowest BCUT2D eigenvalue weighted by molar-refractivity contribution is -0.136. The number of carbonyl (C=O) groups excluding carboxylic acids is 1. The van der Waals surface area contributed by atoms with Crippen LogP contribution in [0.5, 0.6) is 0 Å². The first-order valence-corrected chi connectivity index (χ1v) is 10.8. The molecule has 0 atom stereocenters. The van der Waals surface area contributed by atoms with Crippen LogP contribution in [-0.2, 0) is 11.2 Å². The number of carbonyl (C=O) groups is 2. The van der Waals surface area contributed by atoms with Crippen molar-refractivity contribution in [1.29, 1.82) is 0 Å². The zero-order chi connectivity index (χ0) is 21.9. The molecular formula is C26H35NO3. The molecular weight excluding hydrogens is 374 g/mol. The number of carboxylic acids is 1. The number of hydrogen-bond acceptors (Lipinski definition) is 2. The number of aliphatic carboxylic acids is 1. The van der Waals surface area contributed by atoms with Crippen molar-refractivity contribution in [2.24, 2.45) is 0 Å².